The zero-order chi connectivity index (χ0) is 19.7. The molecule has 1 aliphatic heterocycles. The summed E-state index contributed by atoms with van der Waals surface area (Å²) in [5.41, 5.74) is 3.45. The van der Waals surface area contributed by atoms with E-state index in [4.69, 9.17) is 0 Å². The van der Waals surface area contributed by atoms with Gasteiger partial charge in [0.25, 0.3) is 5.91 Å². The Balaban J connectivity index is 1.52. The van der Waals surface area contributed by atoms with Gasteiger partial charge >= 0.3 is 0 Å². The quantitative estimate of drug-likeness (QED) is 0.825. The van der Waals surface area contributed by atoms with Gasteiger partial charge in [0.1, 0.15) is 0 Å². The first-order valence-corrected chi connectivity index (χ1v) is 9.99. The second kappa shape index (κ2) is 7.38. The maximum Gasteiger partial charge on any atom is 0.255 e. The number of aromatic nitrogens is 1. The number of carbonyl (C=O) groups excluding carboxylic acids is 2. The lowest BCUT2D eigenvalue weighted by molar-refractivity contribution is -0.129. The number of rotatable bonds is 3. The molecule has 146 valence electrons. The van der Waals surface area contributed by atoms with Gasteiger partial charge in [0.2, 0.25) is 5.91 Å². The number of carbonyl (C=O) groups is 2. The molecule has 1 saturated heterocycles. The summed E-state index contributed by atoms with van der Waals surface area (Å²) < 4.78 is 0. The van der Waals surface area contributed by atoms with Crippen molar-refractivity contribution < 1.29 is 9.59 Å². The molecule has 1 fully saturated rings. The molecule has 1 aromatic heterocycles. The minimum Gasteiger partial charge on any atom is -0.349 e. The SMILES string of the molecule is CN(C)C(=O)CC1CC2(CCN(C(=O)c3cccnc3)CC2)c2ccccc21. The van der Waals surface area contributed by atoms with Crippen molar-refractivity contribution in [1.82, 2.24) is 14.8 Å². The minimum atomic E-state index is 0.0635. The summed E-state index contributed by atoms with van der Waals surface area (Å²) in [6.07, 6.45) is 6.78. The Kier molecular flexibility index (Phi) is 4.92. The summed E-state index contributed by atoms with van der Waals surface area (Å²) in [5, 5.41) is 0. The van der Waals surface area contributed by atoms with Crippen LogP contribution in [0.1, 0.15) is 53.1 Å². The number of hydrogen-bond donors (Lipinski definition) is 0. The lowest BCUT2D eigenvalue weighted by Gasteiger charge is -2.40. The van der Waals surface area contributed by atoms with Crippen LogP contribution in [0.3, 0.4) is 0 Å². The van der Waals surface area contributed by atoms with E-state index in [1.54, 1.807) is 23.4 Å². The van der Waals surface area contributed by atoms with Crippen LogP contribution < -0.4 is 0 Å². The molecular formula is C23H27N3O2. The topological polar surface area (TPSA) is 53.5 Å². The van der Waals surface area contributed by atoms with Gasteiger partial charge in [-0.05, 0) is 53.9 Å². The van der Waals surface area contributed by atoms with Gasteiger partial charge in [0.15, 0.2) is 0 Å². The van der Waals surface area contributed by atoms with E-state index in [9.17, 15) is 9.59 Å². The van der Waals surface area contributed by atoms with Crippen LogP contribution in [0, 0.1) is 0 Å². The number of likely N-dealkylation sites (tertiary alicyclic amines) is 1. The standard InChI is InChI=1S/C23H27N3O2/c1-25(2)21(27)14-18-15-23(20-8-4-3-7-19(18)20)9-12-26(13-10-23)22(28)17-6-5-11-24-16-17/h3-8,11,16,18H,9-10,12-15H2,1-2H3. The number of fused-ring (bicyclic) bond motifs is 2. The molecule has 1 aliphatic carbocycles. The van der Waals surface area contributed by atoms with Gasteiger partial charge in [0, 0.05) is 46.0 Å². The molecule has 1 atom stereocenters. The smallest absolute Gasteiger partial charge is 0.255 e. The Morgan fingerprint density at radius 2 is 1.89 bits per heavy atom. The highest BCUT2D eigenvalue weighted by atomic mass is 16.2. The van der Waals surface area contributed by atoms with Gasteiger partial charge in [-0.15, -0.1) is 0 Å². The molecule has 0 bridgehead atoms. The van der Waals surface area contributed by atoms with Gasteiger partial charge < -0.3 is 9.80 Å². The molecule has 1 aromatic carbocycles. The third-order valence-electron chi connectivity index (χ3n) is 6.45. The molecule has 2 aliphatic rings. The fraction of sp³-hybridized carbons (Fsp3) is 0.435. The zero-order valence-electron chi connectivity index (χ0n) is 16.6. The van der Waals surface area contributed by atoms with Gasteiger partial charge in [-0.25, -0.2) is 0 Å². The highest BCUT2D eigenvalue weighted by Gasteiger charge is 2.46. The molecule has 5 heteroatoms. The molecule has 1 unspecified atom stereocenters. The van der Waals surface area contributed by atoms with Crippen LogP contribution in [-0.4, -0.2) is 53.8 Å². The van der Waals surface area contributed by atoms with Gasteiger partial charge in [0.05, 0.1) is 5.56 Å². The molecule has 5 nitrogen and oxygen atoms in total. The van der Waals surface area contributed by atoms with Crippen molar-refractivity contribution in [3.8, 4) is 0 Å². The van der Waals surface area contributed by atoms with Crippen molar-refractivity contribution in [2.24, 2.45) is 0 Å². The number of hydrogen-bond acceptors (Lipinski definition) is 3. The van der Waals surface area contributed by atoms with E-state index in [-0.39, 0.29) is 23.1 Å². The fourth-order valence-electron chi connectivity index (χ4n) is 4.89. The van der Waals surface area contributed by atoms with Crippen LogP contribution in [0.5, 0.6) is 0 Å². The maximum atomic E-state index is 12.8. The van der Waals surface area contributed by atoms with E-state index < -0.39 is 0 Å². The number of piperidine rings is 1. The Bertz CT molecular complexity index is 870. The van der Waals surface area contributed by atoms with Crippen molar-refractivity contribution in [3.63, 3.8) is 0 Å². The van der Waals surface area contributed by atoms with Crippen LogP contribution in [0.4, 0.5) is 0 Å². The summed E-state index contributed by atoms with van der Waals surface area (Å²) in [4.78, 5) is 32.8. The summed E-state index contributed by atoms with van der Waals surface area (Å²) in [6, 6.07) is 12.2. The Morgan fingerprint density at radius 3 is 2.57 bits per heavy atom. The number of pyridine rings is 1. The van der Waals surface area contributed by atoms with E-state index in [1.165, 1.54) is 11.1 Å². The molecule has 0 N–H and O–H groups in total. The molecule has 2 heterocycles. The molecule has 4 rings (SSSR count). The van der Waals surface area contributed by atoms with Crippen molar-refractivity contribution >= 4 is 11.8 Å². The molecule has 2 amide bonds. The predicted molar refractivity (Wildman–Crippen MR) is 108 cm³/mol. The Labute approximate surface area is 166 Å². The summed E-state index contributed by atoms with van der Waals surface area (Å²) in [7, 11) is 3.64. The van der Waals surface area contributed by atoms with E-state index in [2.05, 4.69) is 29.2 Å². The predicted octanol–water partition coefficient (Wildman–Crippen LogP) is 3.22. The van der Waals surface area contributed by atoms with Crippen LogP contribution in [0.25, 0.3) is 0 Å². The minimum absolute atomic E-state index is 0.0635. The molecular weight excluding hydrogens is 350 g/mol. The summed E-state index contributed by atoms with van der Waals surface area (Å²) in [5.74, 6) is 0.515. The van der Waals surface area contributed by atoms with Gasteiger partial charge in [-0.3, -0.25) is 14.6 Å². The van der Waals surface area contributed by atoms with Crippen LogP contribution in [0.15, 0.2) is 48.8 Å². The van der Waals surface area contributed by atoms with Crippen molar-refractivity contribution in [1.29, 1.82) is 0 Å². The lowest BCUT2D eigenvalue weighted by Crippen LogP contribution is -2.44. The molecule has 0 radical (unpaired) electrons. The Hall–Kier alpha value is -2.69. The first-order chi connectivity index (χ1) is 13.5. The van der Waals surface area contributed by atoms with Crippen LogP contribution >= 0.6 is 0 Å². The number of nitrogens with zero attached hydrogens (tertiary/aromatic N) is 3. The van der Waals surface area contributed by atoms with E-state index in [0.717, 1.165) is 32.4 Å². The van der Waals surface area contributed by atoms with Crippen LogP contribution in [0.2, 0.25) is 0 Å². The third kappa shape index (κ3) is 3.30. The first-order valence-electron chi connectivity index (χ1n) is 9.99. The van der Waals surface area contributed by atoms with E-state index in [0.29, 0.717) is 12.0 Å². The maximum absolute atomic E-state index is 12.8. The average Bonchev–Trinajstić information content (AvgIpc) is 3.02. The van der Waals surface area contributed by atoms with Gasteiger partial charge in [-0.2, -0.15) is 0 Å². The van der Waals surface area contributed by atoms with Crippen molar-refractivity contribution in [3.05, 3.63) is 65.5 Å². The molecule has 28 heavy (non-hydrogen) atoms. The fourth-order valence-corrected chi connectivity index (χ4v) is 4.89. The normalized spacial score (nSPS) is 20.1. The molecule has 1 spiro atoms. The summed E-state index contributed by atoms with van der Waals surface area (Å²) >= 11 is 0. The lowest BCUT2D eigenvalue weighted by atomic mass is 9.73. The second-order valence-electron chi connectivity index (χ2n) is 8.29. The third-order valence-corrected chi connectivity index (χ3v) is 6.45. The average molecular weight is 377 g/mol. The first kappa shape index (κ1) is 18.7. The van der Waals surface area contributed by atoms with E-state index >= 15 is 0 Å². The molecule has 2 aromatic rings. The van der Waals surface area contributed by atoms with Crippen LogP contribution in [-0.2, 0) is 10.2 Å². The number of amides is 2. The second-order valence-corrected chi connectivity index (χ2v) is 8.29. The summed E-state index contributed by atoms with van der Waals surface area (Å²) in [6.45, 7) is 1.49. The largest absolute Gasteiger partial charge is 0.349 e. The molecule has 0 saturated carbocycles. The highest BCUT2D eigenvalue weighted by Crippen LogP contribution is 2.52. The monoisotopic (exact) mass is 377 g/mol. The zero-order valence-corrected chi connectivity index (χ0v) is 16.6. The number of benzene rings is 1. The van der Waals surface area contributed by atoms with Crippen molar-refractivity contribution in [2.45, 2.75) is 37.0 Å². The van der Waals surface area contributed by atoms with E-state index in [1.807, 2.05) is 25.1 Å². The highest BCUT2D eigenvalue weighted by molar-refractivity contribution is 5.94. The van der Waals surface area contributed by atoms with Gasteiger partial charge in [-0.1, -0.05) is 24.3 Å². The van der Waals surface area contributed by atoms with Crippen molar-refractivity contribution in [2.75, 3.05) is 27.2 Å². The Morgan fingerprint density at radius 1 is 1.14 bits per heavy atom.